The molecule has 0 bridgehead atoms. The summed E-state index contributed by atoms with van der Waals surface area (Å²) < 4.78 is 14.3. The number of benzene rings is 2. The molecule has 0 radical (unpaired) electrons. The first-order valence-corrected chi connectivity index (χ1v) is 8.88. The van der Waals surface area contributed by atoms with Gasteiger partial charge in [0, 0.05) is 0 Å². The highest BCUT2D eigenvalue weighted by Crippen LogP contribution is 2.44. The average molecular weight is 340 g/mol. The number of carbonyl (C=O) groups excluding carboxylic acids is 1. The van der Waals surface area contributed by atoms with Gasteiger partial charge in [0.2, 0.25) is 5.91 Å². The van der Waals surface area contributed by atoms with Crippen LogP contribution in [-0.4, -0.2) is 10.9 Å². The largest absolute Gasteiger partial charge is 0.349 e. The van der Waals surface area contributed by atoms with Crippen molar-refractivity contribution < 1.29 is 9.18 Å². The van der Waals surface area contributed by atoms with E-state index in [4.69, 9.17) is 0 Å². The lowest BCUT2D eigenvalue weighted by atomic mass is 9.64. The summed E-state index contributed by atoms with van der Waals surface area (Å²) in [6, 6.07) is 14.3. The van der Waals surface area contributed by atoms with E-state index < -0.39 is 5.41 Å². The lowest BCUT2D eigenvalue weighted by molar-refractivity contribution is -0.130. The number of carbonyl (C=O) groups is 1. The Morgan fingerprint density at radius 3 is 2.58 bits per heavy atom. The molecule has 122 valence electrons. The molecular weight excluding hydrogens is 323 g/mol. The Hall–Kier alpha value is -2.27. The van der Waals surface area contributed by atoms with Gasteiger partial charge in [-0.15, -0.1) is 11.3 Å². The van der Waals surface area contributed by atoms with E-state index >= 15 is 0 Å². The minimum atomic E-state index is -0.510. The van der Waals surface area contributed by atoms with Crippen LogP contribution in [0.1, 0.15) is 29.8 Å². The van der Waals surface area contributed by atoms with Gasteiger partial charge in [0.15, 0.2) is 0 Å². The number of nitrogens with one attached hydrogen (secondary N) is 1. The highest BCUT2D eigenvalue weighted by atomic mass is 32.1. The van der Waals surface area contributed by atoms with Crippen molar-refractivity contribution in [2.45, 2.75) is 31.2 Å². The molecule has 0 spiro atoms. The van der Waals surface area contributed by atoms with E-state index in [1.165, 1.54) is 12.1 Å². The van der Waals surface area contributed by atoms with Crippen LogP contribution < -0.4 is 5.32 Å². The summed E-state index contributed by atoms with van der Waals surface area (Å²) in [4.78, 5) is 17.3. The second-order valence-electron chi connectivity index (χ2n) is 6.20. The van der Waals surface area contributed by atoms with E-state index in [2.05, 4.69) is 10.3 Å². The lowest BCUT2D eigenvalue weighted by Gasteiger charge is -2.40. The van der Waals surface area contributed by atoms with E-state index in [1.54, 1.807) is 23.5 Å². The quantitative estimate of drug-likeness (QED) is 0.774. The predicted molar refractivity (Wildman–Crippen MR) is 93.4 cm³/mol. The summed E-state index contributed by atoms with van der Waals surface area (Å²) in [6.45, 7) is 0.432. The third-order valence-corrected chi connectivity index (χ3v) is 5.81. The molecule has 1 fully saturated rings. The molecule has 4 rings (SSSR count). The number of para-hydroxylation sites is 1. The smallest absolute Gasteiger partial charge is 0.231 e. The molecular formula is C19H17FN2OS. The molecule has 1 aliphatic rings. The van der Waals surface area contributed by atoms with Crippen LogP contribution in [0.4, 0.5) is 4.39 Å². The fraction of sp³-hybridized carbons (Fsp3) is 0.263. The van der Waals surface area contributed by atoms with E-state index in [1.807, 2.05) is 24.3 Å². The molecule has 1 saturated carbocycles. The highest BCUT2D eigenvalue weighted by Gasteiger charge is 2.45. The normalized spacial score (nSPS) is 15.9. The summed E-state index contributed by atoms with van der Waals surface area (Å²) >= 11 is 1.60. The van der Waals surface area contributed by atoms with Crippen LogP contribution in [0.25, 0.3) is 10.2 Å². The molecule has 1 heterocycles. The van der Waals surface area contributed by atoms with Gasteiger partial charge >= 0.3 is 0 Å². The molecule has 0 unspecified atom stereocenters. The van der Waals surface area contributed by atoms with Crippen LogP contribution in [0.15, 0.2) is 48.5 Å². The fourth-order valence-corrected chi connectivity index (χ4v) is 4.17. The summed E-state index contributed by atoms with van der Waals surface area (Å²) in [5, 5.41) is 3.93. The first-order chi connectivity index (χ1) is 11.7. The molecule has 3 aromatic rings. The zero-order valence-corrected chi connectivity index (χ0v) is 13.9. The molecule has 0 saturated heterocycles. The molecule has 1 amide bonds. The average Bonchev–Trinajstić information content (AvgIpc) is 2.96. The van der Waals surface area contributed by atoms with Crippen LogP contribution >= 0.6 is 11.3 Å². The van der Waals surface area contributed by atoms with Crippen molar-refractivity contribution in [2.24, 2.45) is 0 Å². The number of aromatic nitrogens is 1. The number of nitrogens with zero attached hydrogens (tertiary/aromatic N) is 1. The molecule has 1 aliphatic carbocycles. The second-order valence-corrected chi connectivity index (χ2v) is 7.32. The van der Waals surface area contributed by atoms with Crippen LogP contribution in [0.5, 0.6) is 0 Å². The molecule has 1 aromatic heterocycles. The van der Waals surface area contributed by atoms with Gasteiger partial charge in [-0.25, -0.2) is 9.37 Å². The molecule has 3 nitrogen and oxygen atoms in total. The lowest BCUT2D eigenvalue weighted by Crippen LogP contribution is -2.49. The Bertz CT molecular complexity index is 851. The van der Waals surface area contributed by atoms with Gasteiger partial charge in [-0.05, 0) is 42.7 Å². The number of hydrogen-bond acceptors (Lipinski definition) is 3. The number of hydrogen-bond donors (Lipinski definition) is 1. The minimum absolute atomic E-state index is 0.0135. The van der Waals surface area contributed by atoms with E-state index in [9.17, 15) is 9.18 Å². The number of amides is 1. The Morgan fingerprint density at radius 1 is 1.17 bits per heavy atom. The molecule has 0 atom stereocenters. The van der Waals surface area contributed by atoms with Crippen molar-refractivity contribution in [3.8, 4) is 0 Å². The van der Waals surface area contributed by atoms with Gasteiger partial charge in [-0.1, -0.05) is 30.7 Å². The zero-order valence-electron chi connectivity index (χ0n) is 13.1. The third-order valence-electron chi connectivity index (χ3n) is 4.78. The summed E-state index contributed by atoms with van der Waals surface area (Å²) in [5.74, 6) is -0.261. The van der Waals surface area contributed by atoms with Crippen molar-refractivity contribution in [3.63, 3.8) is 0 Å². The summed E-state index contributed by atoms with van der Waals surface area (Å²) in [7, 11) is 0. The third kappa shape index (κ3) is 2.59. The monoisotopic (exact) mass is 340 g/mol. The predicted octanol–water partition coefficient (Wildman–Crippen LogP) is 4.17. The maximum absolute atomic E-state index is 13.2. The van der Waals surface area contributed by atoms with Crippen LogP contribution in [0.2, 0.25) is 0 Å². The Balaban J connectivity index is 1.51. The second kappa shape index (κ2) is 5.98. The Kier molecular flexibility index (Phi) is 3.81. The van der Waals surface area contributed by atoms with Crippen molar-refractivity contribution in [3.05, 3.63) is 64.9 Å². The van der Waals surface area contributed by atoms with Gasteiger partial charge in [0.25, 0.3) is 0 Å². The summed E-state index contributed by atoms with van der Waals surface area (Å²) in [5.41, 5.74) is 1.35. The fourth-order valence-electron chi connectivity index (χ4n) is 3.27. The van der Waals surface area contributed by atoms with Gasteiger partial charge < -0.3 is 5.32 Å². The van der Waals surface area contributed by atoms with E-state index in [0.29, 0.717) is 6.54 Å². The highest BCUT2D eigenvalue weighted by molar-refractivity contribution is 7.18. The topological polar surface area (TPSA) is 42.0 Å². The standard InChI is InChI=1S/C19H17FN2OS/c20-14-8-6-13(7-9-14)19(10-3-11-19)18(23)21-12-17-22-15-4-1-2-5-16(15)24-17/h1-2,4-9H,3,10-12H2,(H,21,23). The van der Waals surface area contributed by atoms with E-state index in [-0.39, 0.29) is 11.7 Å². The molecule has 2 aromatic carbocycles. The first-order valence-electron chi connectivity index (χ1n) is 8.06. The molecule has 0 aliphatic heterocycles. The first kappa shape index (κ1) is 15.3. The molecule has 24 heavy (non-hydrogen) atoms. The molecule has 1 N–H and O–H groups in total. The van der Waals surface area contributed by atoms with Crippen molar-refractivity contribution >= 4 is 27.5 Å². The Morgan fingerprint density at radius 2 is 1.92 bits per heavy atom. The summed E-state index contributed by atoms with van der Waals surface area (Å²) in [6.07, 6.45) is 2.64. The maximum atomic E-state index is 13.2. The van der Waals surface area contributed by atoms with Gasteiger partial charge in [0.1, 0.15) is 10.8 Å². The molecule has 5 heteroatoms. The number of fused-ring (bicyclic) bond motifs is 1. The number of rotatable bonds is 4. The Labute approximate surface area is 143 Å². The zero-order chi connectivity index (χ0) is 16.6. The van der Waals surface area contributed by atoms with Gasteiger partial charge in [-0.3, -0.25) is 4.79 Å². The van der Waals surface area contributed by atoms with Gasteiger partial charge in [0.05, 0.1) is 22.2 Å². The van der Waals surface area contributed by atoms with Crippen LogP contribution in [-0.2, 0) is 16.8 Å². The van der Waals surface area contributed by atoms with Crippen molar-refractivity contribution in [1.29, 1.82) is 0 Å². The van der Waals surface area contributed by atoms with Gasteiger partial charge in [-0.2, -0.15) is 0 Å². The van der Waals surface area contributed by atoms with Crippen molar-refractivity contribution in [2.75, 3.05) is 0 Å². The maximum Gasteiger partial charge on any atom is 0.231 e. The van der Waals surface area contributed by atoms with Crippen LogP contribution in [0.3, 0.4) is 0 Å². The van der Waals surface area contributed by atoms with E-state index in [0.717, 1.165) is 40.1 Å². The number of halogens is 1. The van der Waals surface area contributed by atoms with Crippen LogP contribution in [0, 0.1) is 5.82 Å². The van der Waals surface area contributed by atoms with Crippen molar-refractivity contribution in [1.82, 2.24) is 10.3 Å². The number of thiazole rings is 1. The SMILES string of the molecule is O=C(NCc1nc2ccccc2s1)C1(c2ccc(F)cc2)CCC1. The minimum Gasteiger partial charge on any atom is -0.349 e.